The molecule has 120 valence electrons. The van der Waals surface area contributed by atoms with E-state index in [0.29, 0.717) is 5.69 Å². The van der Waals surface area contributed by atoms with Crippen molar-refractivity contribution in [3.05, 3.63) is 24.3 Å². The molecule has 0 aromatic heterocycles. The van der Waals surface area contributed by atoms with E-state index in [1.165, 1.54) is 19.3 Å². The van der Waals surface area contributed by atoms with Crippen LogP contribution in [0, 0.1) is 0 Å². The van der Waals surface area contributed by atoms with Crippen LogP contribution < -0.4 is 21.1 Å². The summed E-state index contributed by atoms with van der Waals surface area (Å²) >= 11 is 0. The van der Waals surface area contributed by atoms with Gasteiger partial charge < -0.3 is 15.0 Å². The molecule has 0 radical (unpaired) electrons. The molecule has 0 atom stereocenters. The van der Waals surface area contributed by atoms with Gasteiger partial charge in [0.15, 0.2) is 0 Å². The van der Waals surface area contributed by atoms with Gasteiger partial charge in [-0.2, -0.15) is 0 Å². The Morgan fingerprint density at radius 2 is 1.77 bits per heavy atom. The molecule has 1 aromatic carbocycles. The van der Waals surface area contributed by atoms with Gasteiger partial charge in [-0.1, -0.05) is 0 Å². The van der Waals surface area contributed by atoms with Gasteiger partial charge in [-0.25, -0.2) is 20.4 Å². The maximum Gasteiger partial charge on any atom is 0.426 e. The van der Waals surface area contributed by atoms with Crippen LogP contribution >= 0.6 is 0 Å². The van der Waals surface area contributed by atoms with Gasteiger partial charge in [0.1, 0.15) is 0 Å². The molecule has 3 amide bonds. The standard InChI is InChI=1S/C15H22N4O3/c1-2-22-15(21)18-17-14(20)16-12-6-8-13(9-7-12)19-10-4-3-5-11-19/h6-9H,2-5,10-11H2,1H3,(H,18,21)(H2,16,17,20). The van der Waals surface area contributed by atoms with Gasteiger partial charge in [0, 0.05) is 24.5 Å². The number of carbonyl (C=O) groups excluding carboxylic acids is 2. The van der Waals surface area contributed by atoms with Crippen LogP contribution in [0.4, 0.5) is 21.0 Å². The van der Waals surface area contributed by atoms with E-state index in [0.717, 1.165) is 18.8 Å². The smallest absolute Gasteiger partial charge is 0.426 e. The van der Waals surface area contributed by atoms with Gasteiger partial charge in [-0.3, -0.25) is 0 Å². The summed E-state index contributed by atoms with van der Waals surface area (Å²) in [6.45, 7) is 4.09. The monoisotopic (exact) mass is 306 g/mol. The third kappa shape index (κ3) is 4.83. The van der Waals surface area contributed by atoms with E-state index in [4.69, 9.17) is 0 Å². The van der Waals surface area contributed by atoms with Crippen molar-refractivity contribution in [3.8, 4) is 0 Å². The third-order valence-corrected chi connectivity index (χ3v) is 3.40. The second-order valence-electron chi connectivity index (χ2n) is 5.02. The van der Waals surface area contributed by atoms with Crippen molar-refractivity contribution in [1.29, 1.82) is 0 Å². The molecule has 7 nitrogen and oxygen atoms in total. The van der Waals surface area contributed by atoms with E-state index in [9.17, 15) is 9.59 Å². The zero-order valence-corrected chi connectivity index (χ0v) is 12.7. The topological polar surface area (TPSA) is 82.7 Å². The number of carbonyl (C=O) groups is 2. The molecule has 0 aliphatic carbocycles. The summed E-state index contributed by atoms with van der Waals surface area (Å²) in [5, 5.41) is 2.63. The Labute approximate surface area is 130 Å². The molecule has 1 fully saturated rings. The number of amides is 3. The molecular formula is C15H22N4O3. The Morgan fingerprint density at radius 1 is 1.09 bits per heavy atom. The molecule has 2 rings (SSSR count). The molecule has 0 saturated carbocycles. The van der Waals surface area contributed by atoms with Crippen LogP contribution in [0.25, 0.3) is 0 Å². The summed E-state index contributed by atoms with van der Waals surface area (Å²) in [6.07, 6.45) is 3.05. The van der Waals surface area contributed by atoms with Crippen molar-refractivity contribution in [2.24, 2.45) is 0 Å². The molecule has 0 bridgehead atoms. The molecule has 0 unspecified atom stereocenters. The number of urea groups is 1. The Morgan fingerprint density at radius 3 is 2.41 bits per heavy atom. The van der Waals surface area contributed by atoms with E-state index in [2.05, 4.69) is 25.8 Å². The Balaban J connectivity index is 1.80. The summed E-state index contributed by atoms with van der Waals surface area (Å²) in [4.78, 5) is 25.0. The molecule has 1 aromatic rings. The number of hydrogen-bond donors (Lipinski definition) is 3. The summed E-state index contributed by atoms with van der Waals surface area (Å²) in [6, 6.07) is 7.13. The Hall–Kier alpha value is -2.44. The minimum Gasteiger partial charge on any atom is -0.449 e. The van der Waals surface area contributed by atoms with Crippen LogP contribution in [-0.4, -0.2) is 31.8 Å². The fourth-order valence-corrected chi connectivity index (χ4v) is 2.35. The maximum absolute atomic E-state index is 11.6. The maximum atomic E-state index is 11.6. The second kappa shape index (κ2) is 8.11. The van der Waals surface area contributed by atoms with Crippen molar-refractivity contribution in [3.63, 3.8) is 0 Å². The minimum atomic E-state index is -0.696. The lowest BCUT2D eigenvalue weighted by molar-refractivity contribution is 0.148. The molecule has 1 heterocycles. The van der Waals surface area contributed by atoms with Gasteiger partial charge in [-0.15, -0.1) is 0 Å². The van der Waals surface area contributed by atoms with Gasteiger partial charge in [0.2, 0.25) is 0 Å². The van der Waals surface area contributed by atoms with Crippen LogP contribution in [0.5, 0.6) is 0 Å². The van der Waals surface area contributed by atoms with E-state index in [-0.39, 0.29) is 6.61 Å². The van der Waals surface area contributed by atoms with Gasteiger partial charge in [0.05, 0.1) is 6.61 Å². The summed E-state index contributed by atoms with van der Waals surface area (Å²) < 4.78 is 4.63. The fraction of sp³-hybridized carbons (Fsp3) is 0.467. The highest BCUT2D eigenvalue weighted by Crippen LogP contribution is 2.21. The Kier molecular flexibility index (Phi) is 5.88. The zero-order chi connectivity index (χ0) is 15.8. The summed E-state index contributed by atoms with van der Waals surface area (Å²) in [5.41, 5.74) is 6.16. The SMILES string of the molecule is CCOC(=O)NNC(=O)Nc1ccc(N2CCCCC2)cc1. The fourth-order valence-electron chi connectivity index (χ4n) is 2.35. The van der Waals surface area contributed by atoms with Crippen molar-refractivity contribution in [2.75, 3.05) is 29.9 Å². The number of piperidine rings is 1. The highest BCUT2D eigenvalue weighted by Gasteiger charge is 2.11. The average molecular weight is 306 g/mol. The molecule has 7 heteroatoms. The molecular weight excluding hydrogens is 284 g/mol. The van der Waals surface area contributed by atoms with Crippen LogP contribution in [0.3, 0.4) is 0 Å². The van der Waals surface area contributed by atoms with Gasteiger partial charge in [0.25, 0.3) is 0 Å². The van der Waals surface area contributed by atoms with E-state index >= 15 is 0 Å². The van der Waals surface area contributed by atoms with E-state index in [1.54, 1.807) is 6.92 Å². The van der Waals surface area contributed by atoms with Gasteiger partial charge in [-0.05, 0) is 50.5 Å². The first-order valence-electron chi connectivity index (χ1n) is 7.54. The van der Waals surface area contributed by atoms with Crippen LogP contribution in [-0.2, 0) is 4.74 Å². The Bertz CT molecular complexity index is 498. The first-order chi connectivity index (χ1) is 10.7. The molecule has 1 aliphatic rings. The highest BCUT2D eigenvalue weighted by atomic mass is 16.6. The lowest BCUT2D eigenvalue weighted by atomic mass is 10.1. The predicted molar refractivity (Wildman–Crippen MR) is 84.8 cm³/mol. The first-order valence-corrected chi connectivity index (χ1v) is 7.54. The molecule has 0 spiro atoms. The molecule has 1 aliphatic heterocycles. The van der Waals surface area contributed by atoms with Crippen molar-refractivity contribution in [1.82, 2.24) is 10.9 Å². The summed E-state index contributed by atoms with van der Waals surface area (Å²) in [5.74, 6) is 0. The summed E-state index contributed by atoms with van der Waals surface area (Å²) in [7, 11) is 0. The second-order valence-corrected chi connectivity index (χ2v) is 5.02. The molecule has 3 N–H and O–H groups in total. The number of hydrazine groups is 1. The highest BCUT2D eigenvalue weighted by molar-refractivity contribution is 5.90. The van der Waals surface area contributed by atoms with Crippen LogP contribution in [0.1, 0.15) is 26.2 Å². The predicted octanol–water partition coefficient (Wildman–Crippen LogP) is 2.46. The number of nitrogens with one attached hydrogen (secondary N) is 3. The van der Waals surface area contributed by atoms with Crippen molar-refractivity contribution >= 4 is 23.5 Å². The van der Waals surface area contributed by atoms with Crippen LogP contribution in [0.15, 0.2) is 24.3 Å². The average Bonchev–Trinajstić information content (AvgIpc) is 2.55. The van der Waals surface area contributed by atoms with Crippen molar-refractivity contribution in [2.45, 2.75) is 26.2 Å². The third-order valence-electron chi connectivity index (χ3n) is 3.40. The van der Waals surface area contributed by atoms with E-state index in [1.807, 2.05) is 24.3 Å². The quantitative estimate of drug-likeness (QED) is 0.749. The number of hydrogen-bond acceptors (Lipinski definition) is 4. The number of nitrogens with zero attached hydrogens (tertiary/aromatic N) is 1. The number of ether oxygens (including phenoxy) is 1. The zero-order valence-electron chi connectivity index (χ0n) is 12.7. The molecule has 1 saturated heterocycles. The normalized spacial score (nSPS) is 14.1. The lowest BCUT2D eigenvalue weighted by Crippen LogP contribution is -2.44. The largest absolute Gasteiger partial charge is 0.449 e. The number of anilines is 2. The van der Waals surface area contributed by atoms with Crippen LogP contribution in [0.2, 0.25) is 0 Å². The first kappa shape index (κ1) is 15.9. The molecule has 22 heavy (non-hydrogen) atoms. The van der Waals surface area contributed by atoms with Gasteiger partial charge >= 0.3 is 12.1 Å². The minimum absolute atomic E-state index is 0.243. The van der Waals surface area contributed by atoms with E-state index < -0.39 is 12.1 Å². The number of benzene rings is 1. The number of rotatable bonds is 3. The van der Waals surface area contributed by atoms with Crippen molar-refractivity contribution < 1.29 is 14.3 Å². The lowest BCUT2D eigenvalue weighted by Gasteiger charge is -2.28.